The topological polar surface area (TPSA) is 49.8 Å². The summed E-state index contributed by atoms with van der Waals surface area (Å²) in [4.78, 5) is 15.0. The van der Waals surface area contributed by atoms with Crippen molar-refractivity contribution in [3.8, 4) is 11.5 Å². The number of phenolic OH excluding ortho intramolecular Hbond substituents is 1. The Balaban J connectivity index is 1.53. The van der Waals surface area contributed by atoms with Crippen molar-refractivity contribution < 1.29 is 14.6 Å². The highest BCUT2D eigenvalue weighted by Crippen LogP contribution is 2.37. The number of hydrogen-bond donors (Lipinski definition) is 1. The summed E-state index contributed by atoms with van der Waals surface area (Å²) in [6.07, 6.45) is 0. The molecule has 0 aliphatic rings. The van der Waals surface area contributed by atoms with Crippen molar-refractivity contribution in [1.82, 2.24) is 0 Å². The third-order valence-corrected chi connectivity index (χ3v) is 5.87. The maximum absolute atomic E-state index is 13.5. The summed E-state index contributed by atoms with van der Waals surface area (Å²) in [5, 5.41) is 14.5. The number of carbonyl (C=O) groups is 1. The molecule has 0 fully saturated rings. The van der Waals surface area contributed by atoms with Crippen LogP contribution >= 0.6 is 0 Å². The SMILES string of the molecule is CN(C(=O)c1cc(OCc2ccccc2)c2ccccc2c1O)c1ccc2ccccc2c1. The van der Waals surface area contributed by atoms with Crippen LogP contribution in [0.2, 0.25) is 0 Å². The summed E-state index contributed by atoms with van der Waals surface area (Å²) in [6.45, 7) is 0.365. The van der Waals surface area contributed by atoms with Gasteiger partial charge in [0, 0.05) is 23.5 Å². The van der Waals surface area contributed by atoms with Gasteiger partial charge in [0.2, 0.25) is 0 Å². The van der Waals surface area contributed by atoms with Gasteiger partial charge in [-0.15, -0.1) is 0 Å². The van der Waals surface area contributed by atoms with E-state index in [2.05, 4.69) is 0 Å². The molecule has 5 aromatic rings. The number of hydrogen-bond acceptors (Lipinski definition) is 3. The van der Waals surface area contributed by atoms with Crippen molar-refractivity contribution >= 4 is 33.1 Å². The molecule has 0 saturated carbocycles. The lowest BCUT2D eigenvalue weighted by molar-refractivity contribution is 0.0990. The molecule has 0 aliphatic carbocycles. The highest BCUT2D eigenvalue weighted by molar-refractivity contribution is 6.12. The third-order valence-electron chi connectivity index (χ3n) is 5.87. The zero-order chi connectivity index (χ0) is 22.8. The number of anilines is 1. The van der Waals surface area contributed by atoms with E-state index in [0.29, 0.717) is 17.7 Å². The van der Waals surface area contributed by atoms with E-state index in [4.69, 9.17) is 4.74 Å². The summed E-state index contributed by atoms with van der Waals surface area (Å²) >= 11 is 0. The van der Waals surface area contributed by atoms with Crippen molar-refractivity contribution in [2.75, 3.05) is 11.9 Å². The smallest absolute Gasteiger partial charge is 0.261 e. The second-order valence-electron chi connectivity index (χ2n) is 7.99. The Morgan fingerprint density at radius 2 is 1.45 bits per heavy atom. The average molecular weight is 434 g/mol. The lowest BCUT2D eigenvalue weighted by Crippen LogP contribution is -2.26. The van der Waals surface area contributed by atoms with Crippen molar-refractivity contribution in [2.24, 2.45) is 0 Å². The van der Waals surface area contributed by atoms with Crippen LogP contribution in [0, 0.1) is 0 Å². The molecule has 0 unspecified atom stereocenters. The fourth-order valence-corrected chi connectivity index (χ4v) is 4.03. The second-order valence-corrected chi connectivity index (χ2v) is 7.99. The van der Waals surface area contributed by atoms with Crippen LogP contribution in [-0.4, -0.2) is 18.1 Å². The van der Waals surface area contributed by atoms with Crippen LogP contribution in [-0.2, 0) is 6.61 Å². The molecule has 4 heteroatoms. The molecule has 162 valence electrons. The van der Waals surface area contributed by atoms with Crippen molar-refractivity contribution in [2.45, 2.75) is 6.61 Å². The molecule has 0 heterocycles. The Morgan fingerprint density at radius 3 is 2.24 bits per heavy atom. The molecule has 0 saturated heterocycles. The minimum Gasteiger partial charge on any atom is -0.506 e. The number of fused-ring (bicyclic) bond motifs is 2. The fourth-order valence-electron chi connectivity index (χ4n) is 4.03. The molecule has 1 amide bonds. The van der Waals surface area contributed by atoms with Crippen LogP contribution in [0.25, 0.3) is 21.5 Å². The Kier molecular flexibility index (Phi) is 5.41. The Hall–Kier alpha value is -4.31. The fraction of sp³-hybridized carbons (Fsp3) is 0.0690. The van der Waals surface area contributed by atoms with Gasteiger partial charge in [0.15, 0.2) is 0 Å². The second kappa shape index (κ2) is 8.67. The molecule has 0 aliphatic heterocycles. The third kappa shape index (κ3) is 3.99. The van der Waals surface area contributed by atoms with Gasteiger partial charge < -0.3 is 14.7 Å². The van der Waals surface area contributed by atoms with Gasteiger partial charge in [0.1, 0.15) is 18.1 Å². The number of phenols is 1. The van der Waals surface area contributed by atoms with Crippen molar-refractivity contribution in [3.63, 3.8) is 0 Å². The minimum atomic E-state index is -0.307. The molecule has 1 N–H and O–H groups in total. The molecule has 0 radical (unpaired) electrons. The van der Waals surface area contributed by atoms with E-state index in [1.807, 2.05) is 91.0 Å². The molecule has 0 spiro atoms. The molecule has 5 aromatic carbocycles. The Morgan fingerprint density at radius 1 is 0.788 bits per heavy atom. The van der Waals surface area contributed by atoms with Crippen molar-refractivity contribution in [1.29, 1.82) is 0 Å². The lowest BCUT2D eigenvalue weighted by Gasteiger charge is -2.20. The van der Waals surface area contributed by atoms with E-state index in [9.17, 15) is 9.90 Å². The number of amides is 1. The van der Waals surface area contributed by atoms with E-state index in [1.54, 1.807) is 24.1 Å². The van der Waals surface area contributed by atoms with E-state index >= 15 is 0 Å². The minimum absolute atomic E-state index is 0.0460. The number of aromatic hydroxyl groups is 1. The largest absolute Gasteiger partial charge is 0.506 e. The highest BCUT2D eigenvalue weighted by atomic mass is 16.5. The standard InChI is InChI=1S/C29H23NO3/c1-30(23-16-15-21-11-5-6-12-22(21)17-23)29(32)26-18-27(33-19-20-9-3-2-4-10-20)24-13-7-8-14-25(24)28(26)31/h2-18,31H,19H2,1H3. The molecule has 5 rings (SSSR count). The lowest BCUT2D eigenvalue weighted by atomic mass is 10.0. The summed E-state index contributed by atoms with van der Waals surface area (Å²) in [6, 6.07) is 32.8. The predicted octanol–water partition coefficient (Wildman–Crippen LogP) is 6.55. The first kappa shape index (κ1) is 20.6. The van der Waals surface area contributed by atoms with Crippen LogP contribution in [0.1, 0.15) is 15.9 Å². The molecule has 4 nitrogen and oxygen atoms in total. The molecule has 0 bridgehead atoms. The normalized spacial score (nSPS) is 10.9. The quantitative estimate of drug-likeness (QED) is 0.342. The maximum atomic E-state index is 13.5. The monoisotopic (exact) mass is 433 g/mol. The molecule has 0 atom stereocenters. The number of nitrogens with zero attached hydrogens (tertiary/aromatic N) is 1. The van der Waals surface area contributed by atoms with Gasteiger partial charge in [-0.25, -0.2) is 0 Å². The first-order valence-electron chi connectivity index (χ1n) is 10.8. The van der Waals surface area contributed by atoms with Gasteiger partial charge in [-0.05, 0) is 34.5 Å². The summed E-state index contributed by atoms with van der Waals surface area (Å²) in [7, 11) is 1.71. The van der Waals surface area contributed by atoms with Gasteiger partial charge >= 0.3 is 0 Å². The first-order valence-corrected chi connectivity index (χ1v) is 10.8. The first-order chi connectivity index (χ1) is 16.1. The number of ether oxygens (including phenoxy) is 1. The number of rotatable bonds is 5. The highest BCUT2D eigenvalue weighted by Gasteiger charge is 2.22. The molecule has 0 aromatic heterocycles. The summed E-state index contributed by atoms with van der Waals surface area (Å²) in [5.41, 5.74) is 1.97. The average Bonchev–Trinajstić information content (AvgIpc) is 2.88. The van der Waals surface area contributed by atoms with Gasteiger partial charge in [0.25, 0.3) is 5.91 Å². The van der Waals surface area contributed by atoms with E-state index in [-0.39, 0.29) is 17.2 Å². The summed E-state index contributed by atoms with van der Waals surface area (Å²) < 4.78 is 6.11. The Bertz CT molecular complexity index is 1460. The number of carbonyl (C=O) groups excluding carboxylic acids is 1. The van der Waals surface area contributed by atoms with Crippen LogP contribution in [0.4, 0.5) is 5.69 Å². The van der Waals surface area contributed by atoms with Crippen LogP contribution < -0.4 is 9.64 Å². The predicted molar refractivity (Wildman–Crippen MR) is 133 cm³/mol. The van der Waals surface area contributed by atoms with Crippen molar-refractivity contribution in [3.05, 3.63) is 114 Å². The van der Waals surface area contributed by atoms with E-state index in [0.717, 1.165) is 27.4 Å². The van der Waals surface area contributed by atoms with E-state index < -0.39 is 0 Å². The van der Waals surface area contributed by atoms with Gasteiger partial charge in [-0.1, -0.05) is 84.9 Å². The zero-order valence-electron chi connectivity index (χ0n) is 18.2. The maximum Gasteiger partial charge on any atom is 0.261 e. The van der Waals surface area contributed by atoms with Gasteiger partial charge in [0.05, 0.1) is 5.56 Å². The van der Waals surface area contributed by atoms with Gasteiger partial charge in [-0.2, -0.15) is 0 Å². The summed E-state index contributed by atoms with van der Waals surface area (Å²) in [5.74, 6) is 0.205. The molecular weight excluding hydrogens is 410 g/mol. The Labute approximate surface area is 192 Å². The van der Waals surface area contributed by atoms with E-state index in [1.165, 1.54) is 0 Å². The molecule has 33 heavy (non-hydrogen) atoms. The van der Waals surface area contributed by atoms with Gasteiger partial charge in [-0.3, -0.25) is 4.79 Å². The number of benzene rings is 5. The molecular formula is C29H23NO3. The zero-order valence-corrected chi connectivity index (χ0v) is 18.2. The van der Waals surface area contributed by atoms with Crippen LogP contribution in [0.5, 0.6) is 11.5 Å². The van der Waals surface area contributed by atoms with Crippen LogP contribution in [0.15, 0.2) is 103 Å². The van der Waals surface area contributed by atoms with Crippen LogP contribution in [0.3, 0.4) is 0 Å².